The molecule has 0 atom stereocenters. The average Bonchev–Trinajstić information content (AvgIpc) is 2.82. The van der Waals surface area contributed by atoms with Gasteiger partial charge in [0.15, 0.2) is 5.16 Å². The second-order valence-corrected chi connectivity index (χ2v) is 8.27. The van der Waals surface area contributed by atoms with Crippen molar-refractivity contribution in [1.82, 2.24) is 14.9 Å². The molecular weight excluding hydrogens is 446 g/mol. The first-order chi connectivity index (χ1) is 15.6. The Morgan fingerprint density at radius 3 is 2.69 bits per heavy atom. The van der Waals surface area contributed by atoms with E-state index in [1.165, 1.54) is 16.3 Å². The van der Waals surface area contributed by atoms with E-state index in [4.69, 9.17) is 16.3 Å². The molecule has 8 heteroatoms. The fourth-order valence-corrected chi connectivity index (χ4v) is 4.27. The van der Waals surface area contributed by atoms with Gasteiger partial charge in [0, 0.05) is 6.54 Å². The van der Waals surface area contributed by atoms with Crippen LogP contribution < -0.4 is 15.6 Å². The fraction of sp³-hybridized carbons (Fsp3) is 0.125. The van der Waals surface area contributed by atoms with E-state index in [2.05, 4.69) is 10.3 Å². The molecule has 6 nitrogen and oxygen atoms in total. The van der Waals surface area contributed by atoms with Crippen LogP contribution in [0.4, 0.5) is 0 Å². The third-order valence-electron chi connectivity index (χ3n) is 4.79. The lowest BCUT2D eigenvalue weighted by atomic mass is 10.2. The smallest absolute Gasteiger partial charge is 0.266 e. The number of thioether (sulfide) groups is 1. The van der Waals surface area contributed by atoms with Gasteiger partial charge in [-0.05, 0) is 42.0 Å². The van der Waals surface area contributed by atoms with Crippen LogP contribution in [0, 0.1) is 0 Å². The molecule has 3 aromatic carbocycles. The highest BCUT2D eigenvalue weighted by Gasteiger charge is 2.16. The van der Waals surface area contributed by atoms with E-state index in [-0.39, 0.29) is 17.2 Å². The molecule has 1 amide bonds. The molecule has 0 radical (unpaired) electrons. The molecule has 0 aliphatic rings. The maximum atomic E-state index is 13.3. The minimum Gasteiger partial charge on any atom is -0.497 e. The Hall–Kier alpha value is -3.29. The molecule has 0 spiro atoms. The molecule has 4 aromatic rings. The van der Waals surface area contributed by atoms with Gasteiger partial charge in [0.05, 0.1) is 34.5 Å². The van der Waals surface area contributed by atoms with Crippen LogP contribution in [0.2, 0.25) is 5.02 Å². The summed E-state index contributed by atoms with van der Waals surface area (Å²) in [6.45, 7) is 0.374. The number of para-hydroxylation sites is 2. The van der Waals surface area contributed by atoms with Crippen LogP contribution in [-0.2, 0) is 11.3 Å². The topological polar surface area (TPSA) is 73.2 Å². The van der Waals surface area contributed by atoms with Gasteiger partial charge in [-0.2, -0.15) is 0 Å². The normalized spacial score (nSPS) is 10.8. The van der Waals surface area contributed by atoms with E-state index in [0.717, 1.165) is 11.3 Å². The van der Waals surface area contributed by atoms with E-state index in [0.29, 0.717) is 33.3 Å². The Morgan fingerprint density at radius 1 is 1.09 bits per heavy atom. The van der Waals surface area contributed by atoms with Crippen LogP contribution in [0.25, 0.3) is 16.6 Å². The second kappa shape index (κ2) is 9.89. The summed E-state index contributed by atoms with van der Waals surface area (Å²) < 4.78 is 6.67. The molecule has 1 heterocycles. The SMILES string of the molecule is COc1cccc(CNC(=O)CSc2nc3ccccc3c(=O)n2-c2ccccc2Cl)c1. The zero-order valence-corrected chi connectivity index (χ0v) is 18.8. The van der Waals surface area contributed by atoms with E-state index in [9.17, 15) is 9.59 Å². The lowest BCUT2D eigenvalue weighted by Crippen LogP contribution is -2.26. The summed E-state index contributed by atoms with van der Waals surface area (Å²) in [5.41, 5.74) is 1.79. The molecule has 0 unspecified atom stereocenters. The summed E-state index contributed by atoms with van der Waals surface area (Å²) in [5.74, 6) is 0.653. The summed E-state index contributed by atoms with van der Waals surface area (Å²) >= 11 is 7.56. The van der Waals surface area contributed by atoms with E-state index < -0.39 is 0 Å². The Morgan fingerprint density at radius 2 is 1.88 bits per heavy atom. The number of carbonyl (C=O) groups excluding carboxylic acids is 1. The van der Waals surface area contributed by atoms with Crippen molar-refractivity contribution >= 4 is 40.2 Å². The van der Waals surface area contributed by atoms with Gasteiger partial charge in [-0.25, -0.2) is 4.98 Å². The average molecular weight is 466 g/mol. The molecule has 32 heavy (non-hydrogen) atoms. The first-order valence-corrected chi connectivity index (χ1v) is 11.2. The first-order valence-electron chi connectivity index (χ1n) is 9.86. The van der Waals surface area contributed by atoms with Gasteiger partial charge in [-0.1, -0.05) is 59.8 Å². The minimum absolute atomic E-state index is 0.0964. The Bertz CT molecular complexity index is 1340. The number of halogens is 1. The van der Waals surface area contributed by atoms with Crippen molar-refractivity contribution in [3.63, 3.8) is 0 Å². The molecule has 0 aliphatic heterocycles. The minimum atomic E-state index is -0.233. The van der Waals surface area contributed by atoms with Crippen molar-refractivity contribution in [3.8, 4) is 11.4 Å². The highest BCUT2D eigenvalue weighted by molar-refractivity contribution is 7.99. The summed E-state index contributed by atoms with van der Waals surface area (Å²) in [5, 5.41) is 4.20. The van der Waals surface area contributed by atoms with Gasteiger partial charge >= 0.3 is 0 Å². The van der Waals surface area contributed by atoms with E-state index in [1.807, 2.05) is 30.3 Å². The molecule has 0 saturated heterocycles. The maximum Gasteiger partial charge on any atom is 0.266 e. The fourth-order valence-electron chi connectivity index (χ4n) is 3.22. The van der Waals surface area contributed by atoms with Gasteiger partial charge < -0.3 is 10.1 Å². The Balaban J connectivity index is 1.58. The number of rotatable bonds is 7. The number of aromatic nitrogens is 2. The Kier molecular flexibility index (Phi) is 6.78. The number of hydrogen-bond donors (Lipinski definition) is 1. The third-order valence-corrected chi connectivity index (χ3v) is 6.05. The van der Waals surface area contributed by atoms with Gasteiger partial charge in [0.2, 0.25) is 5.91 Å². The van der Waals surface area contributed by atoms with Crippen molar-refractivity contribution in [3.05, 3.63) is 93.7 Å². The molecule has 0 saturated carbocycles. The number of hydrogen-bond acceptors (Lipinski definition) is 5. The lowest BCUT2D eigenvalue weighted by molar-refractivity contribution is -0.118. The van der Waals surface area contributed by atoms with Crippen molar-refractivity contribution in [2.75, 3.05) is 12.9 Å². The molecule has 4 rings (SSSR count). The number of fused-ring (bicyclic) bond motifs is 1. The summed E-state index contributed by atoms with van der Waals surface area (Å²) in [6.07, 6.45) is 0. The lowest BCUT2D eigenvalue weighted by Gasteiger charge is -2.14. The molecular formula is C24H20ClN3O3S. The second-order valence-electron chi connectivity index (χ2n) is 6.92. The van der Waals surface area contributed by atoms with Crippen molar-refractivity contribution in [1.29, 1.82) is 0 Å². The van der Waals surface area contributed by atoms with Crippen LogP contribution in [0.5, 0.6) is 5.75 Å². The van der Waals surface area contributed by atoms with Crippen LogP contribution in [0.3, 0.4) is 0 Å². The molecule has 162 valence electrons. The zero-order valence-electron chi connectivity index (χ0n) is 17.2. The van der Waals surface area contributed by atoms with Gasteiger partial charge in [0.1, 0.15) is 5.75 Å². The number of benzene rings is 3. The predicted octanol–water partition coefficient (Wildman–Crippen LogP) is 4.46. The highest BCUT2D eigenvalue weighted by atomic mass is 35.5. The summed E-state index contributed by atoms with van der Waals surface area (Å²) in [4.78, 5) is 30.4. The van der Waals surface area contributed by atoms with Crippen molar-refractivity contribution in [2.45, 2.75) is 11.7 Å². The van der Waals surface area contributed by atoms with Gasteiger partial charge in [0.25, 0.3) is 5.56 Å². The van der Waals surface area contributed by atoms with Crippen LogP contribution in [-0.4, -0.2) is 28.3 Å². The van der Waals surface area contributed by atoms with Gasteiger partial charge in [-0.3, -0.25) is 14.2 Å². The largest absolute Gasteiger partial charge is 0.497 e. The summed E-state index contributed by atoms with van der Waals surface area (Å²) in [7, 11) is 1.60. The number of nitrogens with one attached hydrogen (secondary N) is 1. The monoisotopic (exact) mass is 465 g/mol. The predicted molar refractivity (Wildman–Crippen MR) is 128 cm³/mol. The maximum absolute atomic E-state index is 13.3. The number of carbonyl (C=O) groups is 1. The third kappa shape index (κ3) is 4.79. The number of amides is 1. The standard InChI is InChI=1S/C24H20ClN3O3S/c1-31-17-8-6-7-16(13-17)14-26-22(29)15-32-24-27-20-11-4-2-9-18(20)23(30)28(24)21-12-5-3-10-19(21)25/h2-13H,14-15H2,1H3,(H,26,29). The summed E-state index contributed by atoms with van der Waals surface area (Å²) in [6, 6.07) is 21.7. The number of ether oxygens (including phenoxy) is 1. The number of methoxy groups -OCH3 is 1. The molecule has 1 aromatic heterocycles. The van der Waals surface area contributed by atoms with Crippen molar-refractivity contribution < 1.29 is 9.53 Å². The quantitative estimate of drug-likeness (QED) is 0.322. The molecule has 0 aliphatic carbocycles. The molecule has 1 N–H and O–H groups in total. The van der Waals surface area contributed by atoms with E-state index >= 15 is 0 Å². The Labute approximate surface area is 194 Å². The first kappa shape index (κ1) is 21.9. The van der Waals surface area contributed by atoms with Crippen LogP contribution >= 0.6 is 23.4 Å². The molecule has 0 bridgehead atoms. The highest BCUT2D eigenvalue weighted by Crippen LogP contribution is 2.25. The van der Waals surface area contributed by atoms with Crippen LogP contribution in [0.1, 0.15) is 5.56 Å². The van der Waals surface area contributed by atoms with Crippen LogP contribution in [0.15, 0.2) is 82.7 Å². The van der Waals surface area contributed by atoms with E-state index in [1.54, 1.807) is 49.6 Å². The van der Waals surface area contributed by atoms with Crippen molar-refractivity contribution in [2.24, 2.45) is 0 Å². The zero-order chi connectivity index (χ0) is 22.5. The van der Waals surface area contributed by atoms with Gasteiger partial charge in [-0.15, -0.1) is 0 Å². The number of nitrogens with zero attached hydrogens (tertiary/aromatic N) is 2. The molecule has 0 fully saturated rings.